The number of aromatic nitrogens is 2. The van der Waals surface area contributed by atoms with Gasteiger partial charge in [0.2, 0.25) is 0 Å². The smallest absolute Gasteiger partial charge is 0.141 e. The monoisotopic (exact) mass is 424 g/mol. The van der Waals surface area contributed by atoms with Gasteiger partial charge in [0.15, 0.2) is 0 Å². The minimum Gasteiger partial charge on any atom is -0.380 e. The van der Waals surface area contributed by atoms with Crippen LogP contribution >= 0.6 is 27.3 Å². The number of hydrogen-bond acceptors (Lipinski definition) is 6. The number of rotatable bonds is 6. The highest BCUT2D eigenvalue weighted by molar-refractivity contribution is 9.10. The van der Waals surface area contributed by atoms with Crippen LogP contribution in [0.5, 0.6) is 0 Å². The van der Waals surface area contributed by atoms with Gasteiger partial charge in [0.05, 0.1) is 12.0 Å². The Kier molecular flexibility index (Phi) is 5.85. The molecule has 2 aliphatic rings. The molecule has 0 aliphatic carbocycles. The van der Waals surface area contributed by atoms with Gasteiger partial charge in [0.25, 0.3) is 0 Å². The van der Waals surface area contributed by atoms with Crippen LogP contribution in [0.25, 0.3) is 10.2 Å². The van der Waals surface area contributed by atoms with Crippen LogP contribution in [0.3, 0.4) is 0 Å². The number of thiophene rings is 1. The summed E-state index contributed by atoms with van der Waals surface area (Å²) in [7, 11) is 0. The molecule has 0 spiro atoms. The molecule has 0 N–H and O–H groups in total. The molecule has 4 heterocycles. The van der Waals surface area contributed by atoms with Gasteiger partial charge in [0, 0.05) is 36.1 Å². The van der Waals surface area contributed by atoms with Gasteiger partial charge in [-0.05, 0) is 60.6 Å². The van der Waals surface area contributed by atoms with E-state index in [2.05, 4.69) is 41.1 Å². The molecule has 0 saturated carbocycles. The summed E-state index contributed by atoms with van der Waals surface area (Å²) in [6, 6.07) is 0. The molecule has 5 nitrogen and oxygen atoms in total. The fraction of sp³-hybridized carbons (Fsp3) is 0.667. The molecular formula is C18H25BrN4OS. The Morgan fingerprint density at radius 2 is 1.96 bits per heavy atom. The zero-order chi connectivity index (χ0) is 17.1. The highest BCUT2D eigenvalue weighted by Gasteiger charge is 2.23. The van der Waals surface area contributed by atoms with E-state index >= 15 is 0 Å². The van der Waals surface area contributed by atoms with E-state index in [1.165, 1.54) is 38.8 Å². The predicted molar refractivity (Wildman–Crippen MR) is 107 cm³/mol. The third kappa shape index (κ3) is 4.15. The Morgan fingerprint density at radius 1 is 1.16 bits per heavy atom. The summed E-state index contributed by atoms with van der Waals surface area (Å²) in [5, 5.41) is 3.26. The van der Waals surface area contributed by atoms with Crippen LogP contribution in [0.4, 0.5) is 5.82 Å². The Hall–Kier alpha value is -0.760. The van der Waals surface area contributed by atoms with Crippen molar-refractivity contribution in [2.24, 2.45) is 5.92 Å². The normalized spacial score (nSPS) is 20.0. The number of halogens is 1. The Bertz CT molecular complexity index is 695. The van der Waals surface area contributed by atoms with Gasteiger partial charge in [0.1, 0.15) is 17.0 Å². The molecule has 2 aromatic heterocycles. The van der Waals surface area contributed by atoms with E-state index in [0.29, 0.717) is 5.92 Å². The fourth-order valence-corrected chi connectivity index (χ4v) is 5.36. The maximum atomic E-state index is 5.96. The van der Waals surface area contributed by atoms with Crippen molar-refractivity contribution in [1.29, 1.82) is 0 Å². The van der Waals surface area contributed by atoms with Gasteiger partial charge in [-0.2, -0.15) is 0 Å². The Balaban J connectivity index is 1.26. The molecule has 2 aliphatic heterocycles. The number of hydrogen-bond donors (Lipinski definition) is 0. The summed E-state index contributed by atoms with van der Waals surface area (Å²) in [6.07, 6.45) is 6.76. The quantitative estimate of drug-likeness (QED) is 0.659. The SMILES string of the molecule is Brc1csc2ncnc(N3CCC(COCCN4CCCC4)CC3)c12. The molecule has 0 amide bonds. The average molecular weight is 425 g/mol. The number of ether oxygens (including phenoxy) is 1. The zero-order valence-electron chi connectivity index (χ0n) is 14.5. The summed E-state index contributed by atoms with van der Waals surface area (Å²) in [5.74, 6) is 1.75. The minimum absolute atomic E-state index is 0.679. The van der Waals surface area contributed by atoms with Crippen molar-refractivity contribution in [2.45, 2.75) is 25.7 Å². The standard InChI is InChI=1S/C18H25BrN4OS/c19-15-12-25-18-16(15)17(20-13-21-18)23-7-3-14(4-8-23)11-24-10-9-22-5-1-2-6-22/h12-14H,1-11H2. The molecule has 2 aromatic rings. The van der Waals surface area contributed by atoms with E-state index in [4.69, 9.17) is 4.74 Å². The van der Waals surface area contributed by atoms with E-state index in [1.54, 1.807) is 17.7 Å². The third-order valence-corrected chi connectivity index (χ3v) is 7.14. The lowest BCUT2D eigenvalue weighted by Gasteiger charge is -2.33. The Labute approximate surface area is 161 Å². The molecule has 4 rings (SSSR count). The molecule has 0 radical (unpaired) electrons. The highest BCUT2D eigenvalue weighted by atomic mass is 79.9. The van der Waals surface area contributed by atoms with E-state index in [1.807, 2.05) is 0 Å². The van der Waals surface area contributed by atoms with E-state index in [0.717, 1.165) is 53.4 Å². The minimum atomic E-state index is 0.679. The second-order valence-corrected chi connectivity index (χ2v) is 8.73. The first-order valence-corrected chi connectivity index (χ1v) is 10.9. The lowest BCUT2D eigenvalue weighted by molar-refractivity contribution is 0.0753. The van der Waals surface area contributed by atoms with Crippen molar-refractivity contribution in [3.63, 3.8) is 0 Å². The van der Waals surface area contributed by atoms with Crippen LogP contribution in [0.2, 0.25) is 0 Å². The molecule has 2 saturated heterocycles. The number of nitrogens with zero attached hydrogens (tertiary/aromatic N) is 4. The first-order valence-electron chi connectivity index (χ1n) is 9.24. The lowest BCUT2D eigenvalue weighted by Crippen LogP contribution is -2.36. The second-order valence-electron chi connectivity index (χ2n) is 7.02. The molecule has 0 atom stereocenters. The summed E-state index contributed by atoms with van der Waals surface area (Å²) in [4.78, 5) is 14.9. The van der Waals surface area contributed by atoms with Crippen LogP contribution in [0, 0.1) is 5.92 Å². The Morgan fingerprint density at radius 3 is 2.76 bits per heavy atom. The molecule has 0 bridgehead atoms. The number of fused-ring (bicyclic) bond motifs is 1. The van der Waals surface area contributed by atoms with Gasteiger partial charge < -0.3 is 14.5 Å². The van der Waals surface area contributed by atoms with Crippen molar-refractivity contribution in [3.05, 3.63) is 16.2 Å². The van der Waals surface area contributed by atoms with Crippen molar-refractivity contribution in [3.8, 4) is 0 Å². The topological polar surface area (TPSA) is 41.5 Å². The average Bonchev–Trinajstić information content (AvgIpc) is 3.29. The second kappa shape index (κ2) is 8.29. The van der Waals surface area contributed by atoms with Crippen LogP contribution < -0.4 is 4.90 Å². The van der Waals surface area contributed by atoms with E-state index < -0.39 is 0 Å². The number of anilines is 1. The summed E-state index contributed by atoms with van der Waals surface area (Å²) < 4.78 is 7.07. The highest BCUT2D eigenvalue weighted by Crippen LogP contribution is 2.36. The van der Waals surface area contributed by atoms with Crippen molar-refractivity contribution >= 4 is 43.3 Å². The molecule has 2 fully saturated rings. The summed E-state index contributed by atoms with van der Waals surface area (Å²) in [6.45, 7) is 7.51. The van der Waals surface area contributed by atoms with Crippen molar-refractivity contribution in [1.82, 2.24) is 14.9 Å². The van der Waals surface area contributed by atoms with E-state index in [-0.39, 0.29) is 0 Å². The van der Waals surface area contributed by atoms with Gasteiger partial charge in [-0.25, -0.2) is 9.97 Å². The number of piperidine rings is 1. The lowest BCUT2D eigenvalue weighted by atomic mass is 9.98. The van der Waals surface area contributed by atoms with Crippen LogP contribution in [-0.2, 0) is 4.74 Å². The van der Waals surface area contributed by atoms with Gasteiger partial charge in [-0.1, -0.05) is 0 Å². The molecule has 0 aromatic carbocycles. The van der Waals surface area contributed by atoms with Crippen molar-refractivity contribution < 1.29 is 4.74 Å². The first-order chi connectivity index (χ1) is 12.3. The third-order valence-electron chi connectivity index (χ3n) is 5.32. The van der Waals surface area contributed by atoms with Gasteiger partial charge in [-0.15, -0.1) is 11.3 Å². The summed E-state index contributed by atoms with van der Waals surface area (Å²) in [5.41, 5.74) is 0. The predicted octanol–water partition coefficient (Wildman–Crippen LogP) is 3.78. The molecule has 25 heavy (non-hydrogen) atoms. The molecule has 7 heteroatoms. The van der Waals surface area contributed by atoms with Crippen LogP contribution in [0.15, 0.2) is 16.2 Å². The molecular weight excluding hydrogens is 400 g/mol. The number of likely N-dealkylation sites (tertiary alicyclic amines) is 1. The van der Waals surface area contributed by atoms with Gasteiger partial charge >= 0.3 is 0 Å². The maximum absolute atomic E-state index is 5.96. The maximum Gasteiger partial charge on any atom is 0.141 e. The van der Waals surface area contributed by atoms with E-state index in [9.17, 15) is 0 Å². The van der Waals surface area contributed by atoms with Gasteiger partial charge in [-0.3, -0.25) is 0 Å². The fourth-order valence-electron chi connectivity index (χ4n) is 3.83. The summed E-state index contributed by atoms with van der Waals surface area (Å²) >= 11 is 5.31. The zero-order valence-corrected chi connectivity index (χ0v) is 16.9. The largest absolute Gasteiger partial charge is 0.380 e. The van der Waals surface area contributed by atoms with Crippen molar-refractivity contribution in [2.75, 3.05) is 50.8 Å². The van der Waals surface area contributed by atoms with Crippen LogP contribution in [-0.4, -0.2) is 60.8 Å². The molecule has 0 unspecified atom stereocenters. The van der Waals surface area contributed by atoms with Crippen LogP contribution in [0.1, 0.15) is 25.7 Å². The molecule has 136 valence electrons. The first kappa shape index (κ1) is 17.6.